The van der Waals surface area contributed by atoms with E-state index in [1.807, 2.05) is 32.0 Å². The first-order chi connectivity index (χ1) is 8.19. The number of benzene rings is 1. The van der Waals surface area contributed by atoms with Crippen LogP contribution in [0.3, 0.4) is 0 Å². The van der Waals surface area contributed by atoms with Crippen LogP contribution in [0.15, 0.2) is 30.6 Å². The minimum atomic E-state index is 0.460. The van der Waals surface area contributed by atoms with Crippen molar-refractivity contribution < 1.29 is 4.74 Å². The molecule has 0 fully saturated rings. The Labute approximate surface area is 99.6 Å². The highest BCUT2D eigenvalue weighted by atomic mass is 16.5. The summed E-state index contributed by atoms with van der Waals surface area (Å²) in [5.41, 5.74) is 4.64. The number of nitrogens with one attached hydrogen (secondary N) is 1. The third-order valence-corrected chi connectivity index (χ3v) is 2.35. The molecule has 0 aliphatic carbocycles. The van der Waals surface area contributed by atoms with Gasteiger partial charge in [-0.05, 0) is 31.0 Å². The Morgan fingerprint density at radius 2 is 2.00 bits per heavy atom. The zero-order valence-corrected chi connectivity index (χ0v) is 9.77. The van der Waals surface area contributed by atoms with E-state index in [0.29, 0.717) is 11.7 Å². The summed E-state index contributed by atoms with van der Waals surface area (Å²) in [6.45, 7) is 4.00. The first-order valence-electron chi connectivity index (χ1n) is 5.23. The molecule has 5 nitrogen and oxygen atoms in total. The van der Waals surface area contributed by atoms with Gasteiger partial charge in [-0.1, -0.05) is 12.1 Å². The van der Waals surface area contributed by atoms with Gasteiger partial charge < -0.3 is 10.2 Å². The molecule has 1 aromatic heterocycles. The van der Waals surface area contributed by atoms with Crippen molar-refractivity contribution in [2.75, 3.05) is 5.43 Å². The second-order valence-corrected chi connectivity index (χ2v) is 3.76. The van der Waals surface area contributed by atoms with Gasteiger partial charge in [-0.25, -0.2) is 15.8 Å². The Bertz CT molecular complexity index is 528. The Balaban J connectivity index is 2.27. The van der Waals surface area contributed by atoms with Crippen molar-refractivity contribution in [3.63, 3.8) is 0 Å². The average molecular weight is 230 g/mol. The van der Waals surface area contributed by atoms with Gasteiger partial charge >= 0.3 is 0 Å². The second-order valence-electron chi connectivity index (χ2n) is 3.76. The predicted octanol–water partition coefficient (Wildman–Crippen LogP) is 2.17. The van der Waals surface area contributed by atoms with Gasteiger partial charge in [0.25, 0.3) is 0 Å². The van der Waals surface area contributed by atoms with E-state index in [1.54, 1.807) is 6.07 Å². The quantitative estimate of drug-likeness (QED) is 0.624. The van der Waals surface area contributed by atoms with Crippen LogP contribution < -0.4 is 16.0 Å². The highest BCUT2D eigenvalue weighted by molar-refractivity contribution is 5.41. The molecule has 17 heavy (non-hydrogen) atoms. The highest BCUT2D eigenvalue weighted by Gasteiger charge is 2.04. The molecule has 0 saturated carbocycles. The first kappa shape index (κ1) is 11.3. The molecule has 2 aromatic rings. The van der Waals surface area contributed by atoms with Crippen molar-refractivity contribution in [1.82, 2.24) is 9.97 Å². The molecule has 1 aromatic carbocycles. The van der Waals surface area contributed by atoms with E-state index < -0.39 is 0 Å². The topological polar surface area (TPSA) is 73.1 Å². The van der Waals surface area contributed by atoms with Crippen LogP contribution in [-0.4, -0.2) is 9.97 Å². The highest BCUT2D eigenvalue weighted by Crippen LogP contribution is 2.25. The van der Waals surface area contributed by atoms with Gasteiger partial charge in [-0.15, -0.1) is 0 Å². The molecule has 5 heteroatoms. The molecule has 0 spiro atoms. The molecule has 0 unspecified atom stereocenters. The van der Waals surface area contributed by atoms with Crippen molar-refractivity contribution in [3.8, 4) is 11.6 Å². The van der Waals surface area contributed by atoms with Crippen molar-refractivity contribution in [2.24, 2.45) is 5.84 Å². The maximum absolute atomic E-state index is 5.69. The van der Waals surface area contributed by atoms with Gasteiger partial charge in [0.05, 0.1) is 0 Å². The summed E-state index contributed by atoms with van der Waals surface area (Å²) in [7, 11) is 0. The molecule has 88 valence electrons. The second kappa shape index (κ2) is 4.80. The summed E-state index contributed by atoms with van der Waals surface area (Å²) < 4.78 is 5.69. The largest absolute Gasteiger partial charge is 0.439 e. The molecule has 3 N–H and O–H groups in total. The number of nitrogens with zero attached hydrogens (tertiary/aromatic N) is 2. The Kier molecular flexibility index (Phi) is 3.20. The normalized spacial score (nSPS) is 10.1. The van der Waals surface area contributed by atoms with Gasteiger partial charge in [-0.3, -0.25) is 0 Å². The lowest BCUT2D eigenvalue weighted by molar-refractivity contribution is 0.458. The fourth-order valence-corrected chi connectivity index (χ4v) is 1.40. The van der Waals surface area contributed by atoms with Crippen LogP contribution in [0.25, 0.3) is 0 Å². The number of anilines is 1. The molecule has 0 radical (unpaired) electrons. The average Bonchev–Trinajstić information content (AvgIpc) is 2.34. The van der Waals surface area contributed by atoms with Crippen LogP contribution in [-0.2, 0) is 0 Å². The summed E-state index contributed by atoms with van der Waals surface area (Å²) in [6.07, 6.45) is 1.40. The van der Waals surface area contributed by atoms with Crippen LogP contribution in [0.2, 0.25) is 0 Å². The smallest absolute Gasteiger partial charge is 0.224 e. The van der Waals surface area contributed by atoms with Crippen LogP contribution in [0.1, 0.15) is 11.1 Å². The maximum Gasteiger partial charge on any atom is 0.224 e. The maximum atomic E-state index is 5.69. The third kappa shape index (κ3) is 2.70. The van der Waals surface area contributed by atoms with E-state index >= 15 is 0 Å². The van der Waals surface area contributed by atoms with Gasteiger partial charge in [0.15, 0.2) is 0 Å². The van der Waals surface area contributed by atoms with Crippen LogP contribution in [0.5, 0.6) is 11.6 Å². The number of aryl methyl sites for hydroxylation is 2. The Hall–Kier alpha value is -2.14. The summed E-state index contributed by atoms with van der Waals surface area (Å²) >= 11 is 0. The van der Waals surface area contributed by atoms with Crippen molar-refractivity contribution >= 4 is 5.82 Å². The van der Waals surface area contributed by atoms with Gasteiger partial charge in [0, 0.05) is 6.07 Å². The van der Waals surface area contributed by atoms with Crippen LogP contribution in [0.4, 0.5) is 5.82 Å². The first-order valence-corrected chi connectivity index (χ1v) is 5.23. The molecule has 2 rings (SSSR count). The molecule has 0 saturated heterocycles. The predicted molar refractivity (Wildman–Crippen MR) is 65.8 cm³/mol. The standard InChI is InChI=1S/C12H14N4O/c1-8-3-4-9(2)10(5-8)17-12-6-11(16-13)14-7-15-12/h3-7H,13H2,1-2H3,(H,14,15,16). The summed E-state index contributed by atoms with van der Waals surface area (Å²) in [6, 6.07) is 7.65. The number of hydrogen-bond donors (Lipinski definition) is 2. The van der Waals surface area contributed by atoms with Gasteiger partial charge in [0.2, 0.25) is 5.88 Å². The van der Waals surface area contributed by atoms with E-state index in [1.165, 1.54) is 6.33 Å². The number of ether oxygens (including phenoxy) is 1. The number of aromatic nitrogens is 2. The minimum absolute atomic E-state index is 0.460. The van der Waals surface area contributed by atoms with E-state index in [4.69, 9.17) is 10.6 Å². The molecular weight excluding hydrogens is 216 g/mol. The van der Waals surface area contributed by atoms with E-state index in [-0.39, 0.29) is 0 Å². The molecule has 0 atom stereocenters. The number of hydrazine groups is 1. The number of nitrogen functional groups attached to an aromatic ring is 1. The fraction of sp³-hybridized carbons (Fsp3) is 0.167. The molecule has 0 amide bonds. The van der Waals surface area contributed by atoms with Crippen LogP contribution in [0, 0.1) is 13.8 Å². The van der Waals surface area contributed by atoms with E-state index in [2.05, 4.69) is 15.4 Å². The zero-order chi connectivity index (χ0) is 12.3. The van der Waals surface area contributed by atoms with Gasteiger partial charge in [-0.2, -0.15) is 0 Å². The summed E-state index contributed by atoms with van der Waals surface area (Å²) in [5, 5.41) is 0. The lowest BCUT2D eigenvalue weighted by atomic mass is 10.1. The molecule has 0 bridgehead atoms. The number of rotatable bonds is 3. The Morgan fingerprint density at radius 3 is 2.76 bits per heavy atom. The van der Waals surface area contributed by atoms with E-state index in [9.17, 15) is 0 Å². The van der Waals surface area contributed by atoms with Crippen molar-refractivity contribution in [2.45, 2.75) is 13.8 Å². The zero-order valence-electron chi connectivity index (χ0n) is 9.77. The summed E-state index contributed by atoms with van der Waals surface area (Å²) in [4.78, 5) is 7.94. The van der Waals surface area contributed by atoms with Crippen LogP contribution >= 0.6 is 0 Å². The fourth-order valence-electron chi connectivity index (χ4n) is 1.40. The molecule has 0 aliphatic heterocycles. The van der Waals surface area contributed by atoms with Crippen molar-refractivity contribution in [1.29, 1.82) is 0 Å². The van der Waals surface area contributed by atoms with Gasteiger partial charge in [0.1, 0.15) is 17.9 Å². The molecule has 1 heterocycles. The lowest BCUT2D eigenvalue weighted by Crippen LogP contribution is -2.08. The monoisotopic (exact) mass is 230 g/mol. The third-order valence-electron chi connectivity index (χ3n) is 2.35. The SMILES string of the molecule is Cc1ccc(C)c(Oc2cc(NN)ncn2)c1. The Morgan fingerprint density at radius 1 is 1.18 bits per heavy atom. The van der Waals surface area contributed by atoms with Crippen molar-refractivity contribution in [3.05, 3.63) is 41.7 Å². The lowest BCUT2D eigenvalue weighted by Gasteiger charge is -2.09. The molecule has 0 aliphatic rings. The molecular formula is C12H14N4O. The number of hydrogen-bond acceptors (Lipinski definition) is 5. The van der Waals surface area contributed by atoms with E-state index in [0.717, 1.165) is 16.9 Å². The number of nitrogens with two attached hydrogens (primary N) is 1. The minimum Gasteiger partial charge on any atom is -0.439 e. The summed E-state index contributed by atoms with van der Waals surface area (Å²) in [5.74, 6) is 7.03.